The normalized spacial score (nSPS) is 16.4. The highest BCUT2D eigenvalue weighted by atomic mass is 16.2. The Kier molecular flexibility index (Phi) is 7.69. The largest absolute Gasteiger partial charge is 0.366 e. The van der Waals surface area contributed by atoms with E-state index in [4.69, 9.17) is 0 Å². The van der Waals surface area contributed by atoms with Crippen LogP contribution < -0.4 is 10.2 Å². The lowest BCUT2D eigenvalue weighted by atomic mass is 9.97. The fourth-order valence-electron chi connectivity index (χ4n) is 5.07. The standard InChI is InChI=1S/C28H37N3O2/c1-3-5-10-21(4-2)27(32)29-24-13-14-26(25(19-24)28(33)30-16-8-9-17-30)31-18-15-22-11-6-7-12-23(22)20-31/h6-7,11-14,19,21H,3-5,8-10,15-18,20H2,1-2H3,(H,29,32). The third-order valence-electron chi connectivity index (χ3n) is 7.13. The third-order valence-corrected chi connectivity index (χ3v) is 7.13. The summed E-state index contributed by atoms with van der Waals surface area (Å²) in [4.78, 5) is 30.7. The van der Waals surface area contributed by atoms with Crippen LogP contribution in [0, 0.1) is 5.92 Å². The van der Waals surface area contributed by atoms with Crippen LogP contribution in [-0.2, 0) is 17.8 Å². The number of carbonyl (C=O) groups excluding carboxylic acids is 2. The lowest BCUT2D eigenvalue weighted by Gasteiger charge is -2.33. The molecule has 0 spiro atoms. The highest BCUT2D eigenvalue weighted by Crippen LogP contribution is 2.31. The van der Waals surface area contributed by atoms with Crippen LogP contribution >= 0.6 is 0 Å². The number of rotatable bonds is 8. The predicted molar refractivity (Wildman–Crippen MR) is 135 cm³/mol. The Hall–Kier alpha value is -2.82. The van der Waals surface area contributed by atoms with Crippen LogP contribution in [0.1, 0.15) is 73.9 Å². The summed E-state index contributed by atoms with van der Waals surface area (Å²) in [5.41, 5.74) is 5.11. The first-order valence-electron chi connectivity index (χ1n) is 12.7. The highest BCUT2D eigenvalue weighted by Gasteiger charge is 2.26. The number of carbonyl (C=O) groups is 2. The van der Waals surface area contributed by atoms with Crippen LogP contribution in [0.25, 0.3) is 0 Å². The second-order valence-corrected chi connectivity index (χ2v) is 9.41. The monoisotopic (exact) mass is 447 g/mol. The summed E-state index contributed by atoms with van der Waals surface area (Å²) in [6.07, 6.45) is 6.97. The van der Waals surface area contributed by atoms with Gasteiger partial charge in [-0.15, -0.1) is 0 Å². The molecule has 2 aliphatic heterocycles. The molecule has 1 atom stereocenters. The Labute approximate surface area is 198 Å². The van der Waals surface area contributed by atoms with Crippen LogP contribution in [0.3, 0.4) is 0 Å². The van der Waals surface area contributed by atoms with Gasteiger partial charge in [-0.2, -0.15) is 0 Å². The van der Waals surface area contributed by atoms with E-state index in [0.29, 0.717) is 5.56 Å². The van der Waals surface area contributed by atoms with E-state index in [9.17, 15) is 9.59 Å². The van der Waals surface area contributed by atoms with Crippen molar-refractivity contribution in [3.63, 3.8) is 0 Å². The number of fused-ring (bicyclic) bond motifs is 1. The molecular formula is C28H37N3O2. The first-order valence-corrected chi connectivity index (χ1v) is 12.7. The Bertz CT molecular complexity index is 981. The number of benzene rings is 2. The molecule has 0 bridgehead atoms. The van der Waals surface area contributed by atoms with Gasteiger partial charge in [0.15, 0.2) is 0 Å². The molecule has 1 unspecified atom stereocenters. The van der Waals surface area contributed by atoms with Crippen molar-refractivity contribution < 1.29 is 9.59 Å². The fraction of sp³-hybridized carbons (Fsp3) is 0.500. The van der Waals surface area contributed by atoms with Crippen molar-refractivity contribution >= 4 is 23.2 Å². The van der Waals surface area contributed by atoms with Crippen molar-refractivity contribution in [3.8, 4) is 0 Å². The zero-order chi connectivity index (χ0) is 23.2. The molecule has 1 fully saturated rings. The average molecular weight is 448 g/mol. The summed E-state index contributed by atoms with van der Waals surface area (Å²) in [5.74, 6) is 0.154. The van der Waals surface area contributed by atoms with Crippen molar-refractivity contribution in [1.82, 2.24) is 4.90 Å². The number of nitrogens with one attached hydrogen (secondary N) is 1. The number of likely N-dealkylation sites (tertiary alicyclic amines) is 1. The molecule has 4 rings (SSSR count). The second kappa shape index (κ2) is 10.9. The summed E-state index contributed by atoms with van der Waals surface area (Å²) in [6.45, 7) is 7.53. The Morgan fingerprint density at radius 2 is 1.76 bits per heavy atom. The van der Waals surface area contributed by atoms with Gasteiger partial charge < -0.3 is 15.1 Å². The number of anilines is 2. The smallest absolute Gasteiger partial charge is 0.256 e. The minimum atomic E-state index is 0.0148. The fourth-order valence-corrected chi connectivity index (χ4v) is 5.07. The van der Waals surface area contributed by atoms with Gasteiger partial charge in [-0.25, -0.2) is 0 Å². The first-order chi connectivity index (χ1) is 16.1. The topological polar surface area (TPSA) is 52.7 Å². The molecule has 0 aromatic heterocycles. The van der Waals surface area contributed by atoms with E-state index in [-0.39, 0.29) is 17.7 Å². The predicted octanol–water partition coefficient (Wildman–Crippen LogP) is 5.64. The number of amides is 2. The van der Waals surface area contributed by atoms with Gasteiger partial charge in [0.05, 0.1) is 5.56 Å². The molecule has 2 heterocycles. The third kappa shape index (κ3) is 5.40. The zero-order valence-electron chi connectivity index (χ0n) is 20.1. The minimum absolute atomic E-state index is 0.0148. The second-order valence-electron chi connectivity index (χ2n) is 9.41. The molecule has 2 aliphatic rings. The maximum absolute atomic E-state index is 13.5. The van der Waals surface area contributed by atoms with Crippen LogP contribution in [0.15, 0.2) is 42.5 Å². The van der Waals surface area contributed by atoms with E-state index in [1.54, 1.807) is 0 Å². The van der Waals surface area contributed by atoms with Gasteiger partial charge in [-0.1, -0.05) is 51.0 Å². The van der Waals surface area contributed by atoms with Gasteiger partial charge >= 0.3 is 0 Å². The highest BCUT2D eigenvalue weighted by molar-refractivity contribution is 6.02. The maximum atomic E-state index is 13.5. The Morgan fingerprint density at radius 3 is 2.48 bits per heavy atom. The van der Waals surface area contributed by atoms with E-state index in [1.807, 2.05) is 23.1 Å². The van der Waals surface area contributed by atoms with E-state index in [0.717, 1.165) is 82.5 Å². The van der Waals surface area contributed by atoms with Crippen LogP contribution in [-0.4, -0.2) is 36.3 Å². The van der Waals surface area contributed by atoms with Crippen LogP contribution in [0.2, 0.25) is 0 Å². The number of unbranched alkanes of at least 4 members (excludes halogenated alkanes) is 1. The lowest BCUT2D eigenvalue weighted by molar-refractivity contribution is -0.120. The molecule has 33 heavy (non-hydrogen) atoms. The molecule has 2 aromatic carbocycles. The van der Waals surface area contributed by atoms with Crippen molar-refractivity contribution in [3.05, 3.63) is 59.2 Å². The maximum Gasteiger partial charge on any atom is 0.256 e. The van der Waals surface area contributed by atoms with Crippen LogP contribution in [0.5, 0.6) is 0 Å². The van der Waals surface area contributed by atoms with Gasteiger partial charge in [0.25, 0.3) is 5.91 Å². The zero-order valence-corrected chi connectivity index (χ0v) is 20.1. The van der Waals surface area contributed by atoms with Crippen molar-refractivity contribution in [2.45, 2.75) is 65.3 Å². The first kappa shape index (κ1) is 23.3. The van der Waals surface area contributed by atoms with Gasteiger partial charge in [-0.05, 0) is 61.4 Å². The van der Waals surface area contributed by atoms with Gasteiger partial charge in [0, 0.05) is 43.5 Å². The summed E-state index contributed by atoms with van der Waals surface area (Å²) in [6, 6.07) is 14.4. The molecule has 1 N–H and O–H groups in total. The van der Waals surface area contributed by atoms with Gasteiger partial charge in [0.1, 0.15) is 0 Å². The number of hydrogen-bond donors (Lipinski definition) is 1. The molecule has 0 saturated carbocycles. The minimum Gasteiger partial charge on any atom is -0.366 e. The molecule has 1 saturated heterocycles. The molecule has 5 heteroatoms. The Morgan fingerprint density at radius 1 is 1.00 bits per heavy atom. The van der Waals surface area contributed by atoms with E-state index < -0.39 is 0 Å². The van der Waals surface area contributed by atoms with Crippen LogP contribution in [0.4, 0.5) is 11.4 Å². The van der Waals surface area contributed by atoms with Crippen molar-refractivity contribution in [2.75, 3.05) is 29.9 Å². The molecule has 176 valence electrons. The van der Waals surface area contributed by atoms with E-state index in [1.165, 1.54) is 11.1 Å². The lowest BCUT2D eigenvalue weighted by Crippen LogP contribution is -2.34. The summed E-state index contributed by atoms with van der Waals surface area (Å²) in [5, 5.41) is 3.11. The molecular weight excluding hydrogens is 410 g/mol. The molecule has 5 nitrogen and oxygen atoms in total. The van der Waals surface area contributed by atoms with E-state index in [2.05, 4.69) is 48.3 Å². The molecule has 2 aromatic rings. The molecule has 0 aliphatic carbocycles. The summed E-state index contributed by atoms with van der Waals surface area (Å²) < 4.78 is 0. The number of nitrogens with zero attached hydrogens (tertiary/aromatic N) is 2. The Balaban J connectivity index is 1.60. The summed E-state index contributed by atoms with van der Waals surface area (Å²) >= 11 is 0. The quantitative estimate of drug-likeness (QED) is 0.570. The van der Waals surface area contributed by atoms with E-state index >= 15 is 0 Å². The average Bonchev–Trinajstić information content (AvgIpc) is 3.39. The van der Waals surface area contributed by atoms with Gasteiger partial charge in [-0.3, -0.25) is 9.59 Å². The van der Waals surface area contributed by atoms with Gasteiger partial charge in [0.2, 0.25) is 5.91 Å². The summed E-state index contributed by atoms with van der Waals surface area (Å²) in [7, 11) is 0. The van der Waals surface area contributed by atoms with Crippen molar-refractivity contribution in [2.24, 2.45) is 5.92 Å². The van der Waals surface area contributed by atoms with Crippen molar-refractivity contribution in [1.29, 1.82) is 0 Å². The molecule has 0 radical (unpaired) electrons. The SMILES string of the molecule is CCCCC(CC)C(=O)Nc1ccc(N2CCc3ccccc3C2)c(C(=O)N2CCCC2)c1. The molecule has 2 amide bonds. The number of hydrogen-bond acceptors (Lipinski definition) is 3.